The molecule has 0 rings (SSSR count). The van der Waals surface area contributed by atoms with E-state index in [2.05, 4.69) is 12.3 Å². The maximum absolute atomic E-state index is 9.47. The van der Waals surface area contributed by atoms with Crippen molar-refractivity contribution in [3.63, 3.8) is 0 Å². The van der Waals surface area contributed by atoms with Crippen molar-refractivity contribution >= 4 is 5.91 Å². The van der Waals surface area contributed by atoms with Gasteiger partial charge in [0.25, 0.3) is 0 Å². The maximum atomic E-state index is 9.47. The smallest absolute Gasteiger partial charge is 0.240 e. The van der Waals surface area contributed by atoms with Gasteiger partial charge in [0.2, 0.25) is 5.91 Å². The Balaban J connectivity index is 0. The highest BCUT2D eigenvalue weighted by Crippen LogP contribution is 1.59. The van der Waals surface area contributed by atoms with Crippen molar-refractivity contribution in [2.24, 2.45) is 5.73 Å². The summed E-state index contributed by atoms with van der Waals surface area (Å²) in [5.74, 6) is -0.481. The summed E-state index contributed by atoms with van der Waals surface area (Å²) in [6.07, 6.45) is 1.06. The van der Waals surface area contributed by atoms with Crippen LogP contribution >= 0.6 is 0 Å². The summed E-state index contributed by atoms with van der Waals surface area (Å²) in [6.45, 7) is 3.22. The lowest BCUT2D eigenvalue weighted by Gasteiger charge is -1.99. The van der Waals surface area contributed by atoms with Gasteiger partial charge in [0, 0.05) is 0 Å². The first-order valence-corrected chi connectivity index (χ1v) is 2.72. The summed E-state index contributed by atoms with van der Waals surface area (Å²) in [5, 5.41) is 8.07. The topological polar surface area (TPSA) is 66.6 Å². The molecule has 3 N–H and O–H groups in total. The number of hydrogen-bond donors (Lipinski definition) is 2. The molecule has 1 amide bonds. The van der Waals surface area contributed by atoms with Gasteiger partial charge < -0.3 is 10.8 Å². The second-order valence-electron chi connectivity index (χ2n) is 1.83. The normalized spacial score (nSPS) is 8.00. The quantitative estimate of drug-likeness (QED) is 0.394. The predicted octanol–water partition coefficient (Wildman–Crippen LogP) is -0.844. The Morgan fingerprint density at radius 1 is 1.80 bits per heavy atom. The summed E-state index contributed by atoms with van der Waals surface area (Å²) >= 11 is 0. The van der Waals surface area contributed by atoms with Crippen LogP contribution in [0.3, 0.4) is 0 Å². The Kier molecular flexibility index (Phi) is 9.65. The lowest BCUT2D eigenvalue weighted by atomic mass is 10.6. The molecule has 0 radical (unpaired) electrons. The van der Waals surface area contributed by atoms with Gasteiger partial charge in [-0.05, 0) is 20.2 Å². The number of aliphatic hydroxyl groups is 1. The summed E-state index contributed by atoms with van der Waals surface area (Å²) in [6, 6.07) is 0. The molecule has 0 aliphatic rings. The van der Waals surface area contributed by atoms with E-state index in [0.29, 0.717) is 0 Å². The SMILES string of the molecule is C=CC(N)=O.CN(C)CO. The zero-order valence-electron chi connectivity index (χ0n) is 6.37. The minimum Gasteiger partial charge on any atom is -0.381 e. The van der Waals surface area contributed by atoms with Crippen LogP contribution in [0.5, 0.6) is 0 Å². The van der Waals surface area contributed by atoms with Gasteiger partial charge in [-0.15, -0.1) is 0 Å². The standard InChI is InChI=1S/C3H9NO.C3H5NO/c1-4(2)3-5;1-2-3(4)5/h5H,3H2,1-2H3;2H,1H2,(H2,4,5). The highest BCUT2D eigenvalue weighted by Gasteiger charge is 1.73. The van der Waals surface area contributed by atoms with Crippen LogP contribution in [0.25, 0.3) is 0 Å². The van der Waals surface area contributed by atoms with E-state index in [1.807, 2.05) is 0 Å². The van der Waals surface area contributed by atoms with E-state index >= 15 is 0 Å². The van der Waals surface area contributed by atoms with Crippen molar-refractivity contribution in [1.82, 2.24) is 4.90 Å². The molecule has 0 aliphatic heterocycles. The van der Waals surface area contributed by atoms with Crippen LogP contribution in [-0.2, 0) is 4.79 Å². The molecule has 0 saturated carbocycles. The molecule has 0 aromatic heterocycles. The van der Waals surface area contributed by atoms with Gasteiger partial charge in [-0.25, -0.2) is 0 Å². The van der Waals surface area contributed by atoms with E-state index in [9.17, 15) is 4.79 Å². The zero-order chi connectivity index (χ0) is 8.57. The lowest BCUT2D eigenvalue weighted by Crippen LogP contribution is -2.11. The largest absolute Gasteiger partial charge is 0.381 e. The Morgan fingerprint density at radius 2 is 2.00 bits per heavy atom. The molecule has 4 heteroatoms. The fraction of sp³-hybridized carbons (Fsp3) is 0.500. The number of carbonyl (C=O) groups is 1. The number of nitrogens with two attached hydrogens (primary N) is 1. The molecular formula is C6H14N2O2. The molecule has 0 aliphatic carbocycles. The molecule has 0 fully saturated rings. The summed E-state index contributed by atoms with van der Waals surface area (Å²) in [7, 11) is 3.61. The Bertz CT molecular complexity index is 102. The van der Waals surface area contributed by atoms with E-state index in [4.69, 9.17) is 5.11 Å². The van der Waals surface area contributed by atoms with Crippen LogP contribution < -0.4 is 5.73 Å². The van der Waals surface area contributed by atoms with Gasteiger partial charge in [0.15, 0.2) is 0 Å². The fourth-order valence-electron chi connectivity index (χ4n) is 0. The zero-order valence-corrected chi connectivity index (χ0v) is 6.37. The average Bonchev–Trinajstić information content (AvgIpc) is 1.89. The summed E-state index contributed by atoms with van der Waals surface area (Å²) < 4.78 is 0. The van der Waals surface area contributed by atoms with E-state index in [-0.39, 0.29) is 6.73 Å². The van der Waals surface area contributed by atoms with E-state index in [1.54, 1.807) is 19.0 Å². The molecule has 10 heavy (non-hydrogen) atoms. The molecule has 0 heterocycles. The van der Waals surface area contributed by atoms with Crippen LogP contribution in [0.2, 0.25) is 0 Å². The van der Waals surface area contributed by atoms with Crippen LogP contribution in [-0.4, -0.2) is 36.7 Å². The first-order chi connectivity index (χ1) is 4.54. The Labute approximate surface area is 60.9 Å². The molecule has 0 aromatic rings. The predicted molar refractivity (Wildman–Crippen MR) is 40.2 cm³/mol. The van der Waals surface area contributed by atoms with Crippen molar-refractivity contribution in [3.8, 4) is 0 Å². The minimum absolute atomic E-state index is 0.139. The van der Waals surface area contributed by atoms with Crippen molar-refractivity contribution in [2.75, 3.05) is 20.8 Å². The second-order valence-corrected chi connectivity index (χ2v) is 1.83. The number of nitrogens with zero attached hydrogens (tertiary/aromatic N) is 1. The van der Waals surface area contributed by atoms with Crippen LogP contribution in [0.4, 0.5) is 0 Å². The lowest BCUT2D eigenvalue weighted by molar-refractivity contribution is -0.113. The number of aliphatic hydroxyl groups excluding tert-OH is 1. The Morgan fingerprint density at radius 3 is 2.00 bits per heavy atom. The van der Waals surface area contributed by atoms with Crippen LogP contribution in [0.15, 0.2) is 12.7 Å². The highest BCUT2D eigenvalue weighted by atomic mass is 16.3. The number of rotatable bonds is 2. The third-order valence-electron chi connectivity index (χ3n) is 0.484. The highest BCUT2D eigenvalue weighted by molar-refractivity contribution is 5.84. The molecule has 0 spiro atoms. The summed E-state index contributed by atoms with van der Waals surface area (Å²) in [4.78, 5) is 11.2. The van der Waals surface area contributed by atoms with Gasteiger partial charge >= 0.3 is 0 Å². The molecular weight excluding hydrogens is 132 g/mol. The third-order valence-corrected chi connectivity index (χ3v) is 0.484. The first kappa shape index (κ1) is 11.9. The molecule has 0 unspecified atom stereocenters. The fourth-order valence-corrected chi connectivity index (χ4v) is 0. The van der Waals surface area contributed by atoms with E-state index < -0.39 is 5.91 Å². The van der Waals surface area contributed by atoms with E-state index in [1.165, 1.54) is 0 Å². The van der Waals surface area contributed by atoms with Crippen LogP contribution in [0, 0.1) is 0 Å². The van der Waals surface area contributed by atoms with Crippen molar-refractivity contribution in [2.45, 2.75) is 0 Å². The molecule has 60 valence electrons. The van der Waals surface area contributed by atoms with Crippen LogP contribution in [0.1, 0.15) is 0 Å². The molecule has 0 saturated heterocycles. The monoisotopic (exact) mass is 146 g/mol. The van der Waals surface area contributed by atoms with Gasteiger partial charge in [-0.3, -0.25) is 9.69 Å². The second kappa shape index (κ2) is 8.13. The number of primary amides is 1. The van der Waals surface area contributed by atoms with Crippen molar-refractivity contribution < 1.29 is 9.90 Å². The van der Waals surface area contributed by atoms with Gasteiger partial charge in [0.1, 0.15) is 0 Å². The maximum Gasteiger partial charge on any atom is 0.240 e. The van der Waals surface area contributed by atoms with Crippen molar-refractivity contribution in [1.29, 1.82) is 0 Å². The molecule has 4 nitrogen and oxygen atoms in total. The van der Waals surface area contributed by atoms with Gasteiger partial charge in [-0.1, -0.05) is 6.58 Å². The van der Waals surface area contributed by atoms with E-state index in [0.717, 1.165) is 6.08 Å². The van der Waals surface area contributed by atoms with Gasteiger partial charge in [0.05, 0.1) is 6.73 Å². The number of carbonyl (C=O) groups excluding carboxylic acids is 1. The summed E-state index contributed by atoms with van der Waals surface area (Å²) in [5.41, 5.74) is 4.53. The number of amides is 1. The van der Waals surface area contributed by atoms with Gasteiger partial charge in [-0.2, -0.15) is 0 Å². The number of hydrogen-bond acceptors (Lipinski definition) is 3. The third kappa shape index (κ3) is 27.3. The first-order valence-electron chi connectivity index (χ1n) is 2.72. The van der Waals surface area contributed by atoms with Crippen molar-refractivity contribution in [3.05, 3.63) is 12.7 Å². The minimum atomic E-state index is -0.481. The molecule has 0 aromatic carbocycles. The molecule has 0 atom stereocenters. The molecule has 0 bridgehead atoms. The average molecular weight is 146 g/mol. The Hall–Kier alpha value is -0.870.